The van der Waals surface area contributed by atoms with Crippen LogP contribution in [0, 0.1) is 5.92 Å². The van der Waals surface area contributed by atoms with Crippen LogP contribution in [0.2, 0.25) is 0 Å². The topological polar surface area (TPSA) is 272 Å². The molecule has 2 aromatic rings. The van der Waals surface area contributed by atoms with Crippen LogP contribution in [0.5, 0.6) is 5.75 Å². The van der Waals surface area contributed by atoms with Crippen LogP contribution in [0.3, 0.4) is 0 Å². The van der Waals surface area contributed by atoms with Gasteiger partial charge in [0.15, 0.2) is 16.6 Å². The molecule has 1 aromatic heterocycles. The second-order valence-corrected chi connectivity index (χ2v) is 12.8. The number of thiazole rings is 1. The number of hydrogen-bond acceptors (Lipinski definition) is 14. The first-order chi connectivity index (χ1) is 20.3. The number of rotatable bonds is 15. The SMILES string of the molecule is C.CC(C)(N)CN=C(N)c1ccc(OC[C@H](O/N=C(\C(=O)CC2C(=O)N(OS(=O)(=O)O)C2(C)C)c2csc(N)n2)C(=O)O)cc1.S.S. The summed E-state index contributed by atoms with van der Waals surface area (Å²) in [6.45, 7) is 6.25. The molecule has 0 saturated carbocycles. The van der Waals surface area contributed by atoms with E-state index in [1.54, 1.807) is 24.3 Å². The monoisotopic (exact) mass is 739 g/mol. The zero-order valence-electron chi connectivity index (χ0n) is 25.2. The molecule has 2 heterocycles. The molecule has 0 bridgehead atoms. The summed E-state index contributed by atoms with van der Waals surface area (Å²) in [7, 11) is -4.99. The lowest BCUT2D eigenvalue weighted by atomic mass is 9.74. The number of ether oxygens (including phenoxy) is 1. The lowest BCUT2D eigenvalue weighted by molar-refractivity contribution is -0.228. The molecule has 21 heteroatoms. The largest absolute Gasteiger partial charge is 0.489 e. The lowest BCUT2D eigenvalue weighted by Gasteiger charge is -2.50. The van der Waals surface area contributed by atoms with Gasteiger partial charge in [-0.15, -0.1) is 15.6 Å². The summed E-state index contributed by atoms with van der Waals surface area (Å²) < 4.78 is 40.9. The molecule has 1 aliphatic heterocycles. The number of amidine groups is 1. The predicted octanol–water partition coefficient (Wildman–Crippen LogP) is 1.21. The van der Waals surface area contributed by atoms with Crippen LogP contribution in [0.1, 0.15) is 52.8 Å². The molecule has 1 aromatic carbocycles. The van der Waals surface area contributed by atoms with Crippen molar-refractivity contribution in [3.8, 4) is 5.75 Å². The number of ketones is 1. The number of carboxylic acid groups (broad SMARTS) is 1. The molecule has 1 amide bonds. The quantitative estimate of drug-likeness (QED) is 0.0565. The van der Waals surface area contributed by atoms with Gasteiger partial charge in [-0.1, -0.05) is 12.6 Å². The minimum absolute atomic E-state index is 0. The number of carbonyl (C=O) groups excluding carboxylic acids is 2. The van der Waals surface area contributed by atoms with E-state index >= 15 is 0 Å². The fourth-order valence-electron chi connectivity index (χ4n) is 3.82. The van der Waals surface area contributed by atoms with Crippen molar-refractivity contribution in [2.24, 2.45) is 27.5 Å². The van der Waals surface area contributed by atoms with E-state index in [9.17, 15) is 27.9 Å². The molecule has 0 spiro atoms. The Labute approximate surface area is 290 Å². The maximum atomic E-state index is 13.3. The summed E-state index contributed by atoms with van der Waals surface area (Å²) in [6.07, 6.45) is -2.18. The van der Waals surface area contributed by atoms with Gasteiger partial charge in [0.05, 0.1) is 18.0 Å². The van der Waals surface area contributed by atoms with E-state index in [4.69, 9.17) is 31.3 Å². The fourth-order valence-corrected chi connectivity index (χ4v) is 4.83. The number of aliphatic carboxylic acids is 1. The summed E-state index contributed by atoms with van der Waals surface area (Å²) in [4.78, 5) is 51.1. The highest BCUT2D eigenvalue weighted by Gasteiger charge is 2.57. The number of carboxylic acids is 1. The lowest BCUT2D eigenvalue weighted by Crippen LogP contribution is -2.68. The number of oxime groups is 1. The van der Waals surface area contributed by atoms with Gasteiger partial charge in [0.25, 0.3) is 12.0 Å². The number of benzene rings is 1. The van der Waals surface area contributed by atoms with Gasteiger partial charge in [0.1, 0.15) is 23.9 Å². The van der Waals surface area contributed by atoms with Crippen LogP contribution in [-0.4, -0.2) is 87.7 Å². The van der Waals surface area contributed by atoms with E-state index in [0.29, 0.717) is 17.2 Å². The summed E-state index contributed by atoms with van der Waals surface area (Å²) in [5.74, 6) is -3.67. The van der Waals surface area contributed by atoms with Crippen LogP contribution in [-0.2, 0) is 33.9 Å². The zero-order chi connectivity index (χ0) is 33.0. The number of nitrogens with two attached hydrogens (primary N) is 3. The molecule has 1 fully saturated rings. The highest BCUT2D eigenvalue weighted by atomic mass is 32.3. The zero-order valence-corrected chi connectivity index (χ0v) is 28.8. The van der Waals surface area contributed by atoms with Crippen molar-refractivity contribution in [1.82, 2.24) is 10.0 Å². The Morgan fingerprint density at radius 1 is 1.21 bits per heavy atom. The molecular weight excluding hydrogens is 699 g/mol. The van der Waals surface area contributed by atoms with Crippen molar-refractivity contribution >= 4 is 83.1 Å². The Bertz CT molecular complexity index is 1570. The van der Waals surface area contributed by atoms with Crippen molar-refractivity contribution in [1.29, 1.82) is 0 Å². The van der Waals surface area contributed by atoms with E-state index in [0.717, 1.165) is 11.3 Å². The first-order valence-electron chi connectivity index (χ1n) is 12.8. The minimum atomic E-state index is -4.99. The normalized spacial score (nSPS) is 16.9. The third kappa shape index (κ3) is 11.9. The number of amides is 1. The summed E-state index contributed by atoms with van der Waals surface area (Å²) >= 11 is 0.975. The first-order valence-corrected chi connectivity index (χ1v) is 15.1. The number of anilines is 1. The van der Waals surface area contributed by atoms with Gasteiger partial charge in [-0.25, -0.2) is 9.78 Å². The van der Waals surface area contributed by atoms with Crippen molar-refractivity contribution < 1.29 is 46.3 Å². The molecule has 0 aliphatic carbocycles. The van der Waals surface area contributed by atoms with Crippen molar-refractivity contribution in [2.75, 3.05) is 18.9 Å². The predicted molar refractivity (Wildman–Crippen MR) is 186 cm³/mol. The van der Waals surface area contributed by atoms with Gasteiger partial charge in [-0.05, 0) is 52.0 Å². The Morgan fingerprint density at radius 3 is 2.28 bits per heavy atom. The Balaban J connectivity index is 0.00000705. The number of Topliss-reactive ketones (excluding diaryl/α,β-unsaturated/α-hetero) is 1. The summed E-state index contributed by atoms with van der Waals surface area (Å²) in [5, 5.41) is 15.3. The van der Waals surface area contributed by atoms with Gasteiger partial charge >= 0.3 is 16.4 Å². The van der Waals surface area contributed by atoms with Crippen molar-refractivity contribution in [2.45, 2.75) is 58.7 Å². The summed E-state index contributed by atoms with van der Waals surface area (Å²) in [6, 6.07) is 6.35. The Morgan fingerprint density at radius 2 is 1.81 bits per heavy atom. The molecule has 47 heavy (non-hydrogen) atoms. The number of aromatic nitrogens is 1. The molecule has 3 rings (SSSR count). The highest BCUT2D eigenvalue weighted by Crippen LogP contribution is 2.40. The number of β-lactam (4-membered cyclic amide) rings is 1. The van der Waals surface area contributed by atoms with Gasteiger partial charge < -0.3 is 31.9 Å². The fraction of sp³-hybridized carbons (Fsp3) is 0.462. The highest BCUT2D eigenvalue weighted by molar-refractivity contribution is 7.80. The van der Waals surface area contributed by atoms with Crippen LogP contribution < -0.4 is 21.9 Å². The van der Waals surface area contributed by atoms with E-state index in [-0.39, 0.29) is 56.8 Å². The number of carbonyl (C=O) groups is 3. The molecule has 1 aliphatic rings. The number of aliphatic imine (C=N–C) groups is 1. The van der Waals surface area contributed by atoms with E-state index in [1.807, 2.05) is 13.8 Å². The minimum Gasteiger partial charge on any atom is -0.489 e. The standard InChI is InChI=1S/C25H33N7O10S2.CH4.2H2S/c1-24(2,28)12-29-20(26)13-5-7-14(8-6-13)40-10-18(22(35)36)41-31-19(16-11-43-23(27)30-16)17(33)9-15-21(34)32(25(15,3)4)42-44(37,38)39;;;/h5-8,11,15,18H,9-10,12,28H2,1-4H3,(H2,26,29)(H2,27,30)(H,35,36)(H,37,38,39);1H4;2*1H2/b31-19-;;;/t15?,18-;;;/m0.../s1. The molecule has 0 radical (unpaired) electrons. The smallest absolute Gasteiger partial charge is 0.418 e. The first kappa shape index (κ1) is 43.5. The maximum absolute atomic E-state index is 13.3. The number of hydrogen-bond donors (Lipinski definition) is 5. The average molecular weight is 740 g/mol. The van der Waals surface area contributed by atoms with Gasteiger partial charge in [0, 0.05) is 22.9 Å². The van der Waals surface area contributed by atoms with E-state index in [2.05, 4.69) is 19.4 Å². The Hall–Kier alpha value is -3.47. The van der Waals surface area contributed by atoms with Crippen molar-refractivity contribution in [3.05, 3.63) is 40.9 Å². The van der Waals surface area contributed by atoms with Gasteiger partial charge in [-0.3, -0.25) is 19.1 Å². The second-order valence-electron chi connectivity index (χ2n) is 10.9. The third-order valence-electron chi connectivity index (χ3n) is 6.22. The van der Waals surface area contributed by atoms with E-state index < -0.39 is 69.9 Å². The average Bonchev–Trinajstić information content (AvgIpc) is 3.35. The molecule has 264 valence electrons. The number of nitrogen functional groups attached to an aromatic ring is 1. The molecule has 17 nitrogen and oxygen atoms in total. The molecular formula is C26H41N7O10S4. The van der Waals surface area contributed by atoms with Crippen molar-refractivity contribution in [3.63, 3.8) is 0 Å². The van der Waals surface area contributed by atoms with Gasteiger partial charge in [-0.2, -0.15) is 40.5 Å². The Kier molecular flexibility index (Phi) is 15.8. The maximum Gasteiger partial charge on any atom is 0.418 e. The van der Waals surface area contributed by atoms with Crippen LogP contribution in [0.4, 0.5) is 5.13 Å². The molecule has 1 unspecified atom stereocenters. The third-order valence-corrected chi connectivity index (χ3v) is 7.23. The van der Waals surface area contributed by atoms with Crippen LogP contribution in [0.25, 0.3) is 0 Å². The van der Waals surface area contributed by atoms with Crippen LogP contribution in [0.15, 0.2) is 39.8 Å². The molecule has 8 N–H and O–H groups in total. The molecule has 2 atom stereocenters. The number of hydroxylamine groups is 2. The van der Waals surface area contributed by atoms with E-state index in [1.165, 1.54) is 19.2 Å². The van der Waals surface area contributed by atoms with Crippen LogP contribution >= 0.6 is 38.3 Å². The second kappa shape index (κ2) is 17.1. The number of nitrogens with zero attached hydrogens (tertiary/aromatic N) is 4. The van der Waals surface area contributed by atoms with Gasteiger partial charge in [0.2, 0.25) is 0 Å². The summed E-state index contributed by atoms with van der Waals surface area (Å²) in [5.41, 5.74) is 15.9. The molecule has 1 saturated heterocycles.